The molecule has 0 aromatic heterocycles. The van der Waals surface area contributed by atoms with E-state index in [4.69, 9.17) is 5.11 Å². The molecule has 1 atom stereocenters. The Morgan fingerprint density at radius 3 is 1.39 bits per heavy atom. The molecule has 0 aromatic carbocycles. The van der Waals surface area contributed by atoms with E-state index >= 15 is 0 Å². The molecular weight excluding hydrogens is 282 g/mol. The standard InChI is InChI=1S/C21H45NO/c1-3-5-7-9-10-11-12-14-16-18-21(22-19-20-23)17-15-13-8-6-4-2/h21-23H,3-20H2,1-2H3. The Morgan fingerprint density at radius 2 is 1.00 bits per heavy atom. The van der Waals surface area contributed by atoms with Crippen LogP contribution >= 0.6 is 0 Å². The molecule has 0 aliphatic rings. The number of aliphatic hydroxyl groups is 1. The van der Waals surface area contributed by atoms with Gasteiger partial charge in [0.25, 0.3) is 0 Å². The molecule has 2 nitrogen and oxygen atoms in total. The molecule has 0 amide bonds. The molecule has 0 saturated heterocycles. The smallest absolute Gasteiger partial charge is 0.0556 e. The second kappa shape index (κ2) is 20.0. The lowest BCUT2D eigenvalue weighted by Crippen LogP contribution is -2.31. The van der Waals surface area contributed by atoms with Gasteiger partial charge in [-0.05, 0) is 12.8 Å². The molecule has 0 fully saturated rings. The van der Waals surface area contributed by atoms with E-state index in [2.05, 4.69) is 19.2 Å². The number of unbranched alkanes of at least 4 members (excludes halogenated alkanes) is 12. The van der Waals surface area contributed by atoms with Crippen molar-refractivity contribution in [2.45, 2.75) is 123 Å². The molecular formula is C21H45NO. The van der Waals surface area contributed by atoms with E-state index in [-0.39, 0.29) is 6.61 Å². The van der Waals surface area contributed by atoms with Crippen LogP contribution in [0, 0.1) is 0 Å². The van der Waals surface area contributed by atoms with E-state index in [1.54, 1.807) is 0 Å². The predicted molar refractivity (Wildman–Crippen MR) is 104 cm³/mol. The summed E-state index contributed by atoms with van der Waals surface area (Å²) in [4.78, 5) is 0. The van der Waals surface area contributed by atoms with Gasteiger partial charge in [0, 0.05) is 12.6 Å². The monoisotopic (exact) mass is 327 g/mol. The van der Waals surface area contributed by atoms with Crippen molar-refractivity contribution in [3.05, 3.63) is 0 Å². The van der Waals surface area contributed by atoms with Crippen LogP contribution in [0.25, 0.3) is 0 Å². The molecule has 0 saturated carbocycles. The maximum Gasteiger partial charge on any atom is 0.0556 e. The predicted octanol–water partition coefficient (Wildman–Crippen LogP) is 6.22. The Morgan fingerprint density at radius 1 is 0.609 bits per heavy atom. The van der Waals surface area contributed by atoms with Gasteiger partial charge in [-0.2, -0.15) is 0 Å². The van der Waals surface area contributed by atoms with Crippen molar-refractivity contribution in [2.75, 3.05) is 13.2 Å². The summed E-state index contributed by atoms with van der Waals surface area (Å²) in [6.45, 7) is 5.58. The summed E-state index contributed by atoms with van der Waals surface area (Å²) in [6, 6.07) is 0.633. The van der Waals surface area contributed by atoms with Crippen LogP contribution in [0.2, 0.25) is 0 Å². The van der Waals surface area contributed by atoms with E-state index in [0.717, 1.165) is 6.54 Å². The topological polar surface area (TPSA) is 32.3 Å². The number of hydrogen-bond acceptors (Lipinski definition) is 2. The highest BCUT2D eigenvalue weighted by Gasteiger charge is 2.07. The highest BCUT2D eigenvalue weighted by molar-refractivity contribution is 4.67. The highest BCUT2D eigenvalue weighted by atomic mass is 16.3. The minimum atomic E-state index is 0.268. The van der Waals surface area contributed by atoms with Gasteiger partial charge in [-0.25, -0.2) is 0 Å². The molecule has 0 bridgehead atoms. The lowest BCUT2D eigenvalue weighted by Gasteiger charge is -2.18. The SMILES string of the molecule is CCCCCCCCCCCC(CCCCCCC)NCCO. The molecule has 0 heterocycles. The number of aliphatic hydroxyl groups excluding tert-OH is 1. The van der Waals surface area contributed by atoms with Gasteiger partial charge < -0.3 is 10.4 Å². The van der Waals surface area contributed by atoms with Crippen LogP contribution in [0.4, 0.5) is 0 Å². The van der Waals surface area contributed by atoms with E-state index in [0.29, 0.717) is 6.04 Å². The fourth-order valence-electron chi connectivity index (χ4n) is 3.31. The molecule has 2 heteroatoms. The first-order chi connectivity index (χ1) is 11.3. The van der Waals surface area contributed by atoms with E-state index in [1.807, 2.05) is 0 Å². The van der Waals surface area contributed by atoms with Crippen LogP contribution in [0.5, 0.6) is 0 Å². The van der Waals surface area contributed by atoms with Crippen molar-refractivity contribution in [1.29, 1.82) is 0 Å². The molecule has 23 heavy (non-hydrogen) atoms. The molecule has 0 rings (SSSR count). The molecule has 1 unspecified atom stereocenters. The first kappa shape index (κ1) is 22.9. The van der Waals surface area contributed by atoms with Gasteiger partial charge in [0.05, 0.1) is 6.61 Å². The van der Waals surface area contributed by atoms with Gasteiger partial charge in [0.2, 0.25) is 0 Å². The zero-order valence-electron chi connectivity index (χ0n) is 16.3. The van der Waals surface area contributed by atoms with Gasteiger partial charge in [-0.3, -0.25) is 0 Å². The van der Waals surface area contributed by atoms with Crippen LogP contribution in [-0.2, 0) is 0 Å². The van der Waals surface area contributed by atoms with E-state index in [1.165, 1.54) is 103 Å². The van der Waals surface area contributed by atoms with Gasteiger partial charge in [0.15, 0.2) is 0 Å². The summed E-state index contributed by atoms with van der Waals surface area (Å²) < 4.78 is 0. The Hall–Kier alpha value is -0.0800. The molecule has 0 radical (unpaired) electrons. The van der Waals surface area contributed by atoms with Crippen LogP contribution in [0.3, 0.4) is 0 Å². The first-order valence-corrected chi connectivity index (χ1v) is 10.7. The lowest BCUT2D eigenvalue weighted by atomic mass is 10.00. The molecule has 0 aromatic rings. The minimum absolute atomic E-state index is 0.268. The average Bonchev–Trinajstić information content (AvgIpc) is 2.57. The lowest BCUT2D eigenvalue weighted by molar-refractivity contribution is 0.277. The van der Waals surface area contributed by atoms with Crippen molar-refractivity contribution in [3.63, 3.8) is 0 Å². The Labute approximate surface area is 146 Å². The van der Waals surface area contributed by atoms with Crippen molar-refractivity contribution in [2.24, 2.45) is 0 Å². The zero-order chi connectivity index (χ0) is 17.0. The van der Waals surface area contributed by atoms with Gasteiger partial charge in [0.1, 0.15) is 0 Å². The third kappa shape index (κ3) is 18.1. The zero-order valence-corrected chi connectivity index (χ0v) is 16.3. The summed E-state index contributed by atoms with van der Waals surface area (Å²) >= 11 is 0. The summed E-state index contributed by atoms with van der Waals surface area (Å²) in [5.74, 6) is 0. The maximum absolute atomic E-state index is 9.02. The molecule has 0 aliphatic carbocycles. The summed E-state index contributed by atoms with van der Waals surface area (Å²) in [7, 11) is 0. The molecule has 0 spiro atoms. The van der Waals surface area contributed by atoms with Crippen molar-refractivity contribution in [3.8, 4) is 0 Å². The number of rotatable bonds is 19. The van der Waals surface area contributed by atoms with Crippen LogP contribution in [0.1, 0.15) is 117 Å². The quantitative estimate of drug-likeness (QED) is 0.276. The maximum atomic E-state index is 9.02. The summed E-state index contributed by atoms with van der Waals surface area (Å²) in [5.41, 5.74) is 0. The van der Waals surface area contributed by atoms with Gasteiger partial charge in [-0.1, -0.05) is 104 Å². The second-order valence-electron chi connectivity index (χ2n) is 7.19. The first-order valence-electron chi connectivity index (χ1n) is 10.7. The second-order valence-corrected chi connectivity index (χ2v) is 7.19. The van der Waals surface area contributed by atoms with Crippen molar-refractivity contribution in [1.82, 2.24) is 5.32 Å². The summed E-state index contributed by atoms with van der Waals surface area (Å²) in [5, 5.41) is 12.6. The largest absolute Gasteiger partial charge is 0.395 e. The highest BCUT2D eigenvalue weighted by Crippen LogP contribution is 2.14. The van der Waals surface area contributed by atoms with Crippen molar-refractivity contribution >= 4 is 0 Å². The third-order valence-corrected chi connectivity index (χ3v) is 4.86. The number of hydrogen-bond donors (Lipinski definition) is 2. The third-order valence-electron chi connectivity index (χ3n) is 4.86. The minimum Gasteiger partial charge on any atom is -0.395 e. The van der Waals surface area contributed by atoms with Crippen LogP contribution < -0.4 is 5.32 Å². The fraction of sp³-hybridized carbons (Fsp3) is 1.00. The Bertz CT molecular complexity index is 208. The van der Waals surface area contributed by atoms with Crippen molar-refractivity contribution < 1.29 is 5.11 Å². The van der Waals surface area contributed by atoms with Crippen LogP contribution in [-0.4, -0.2) is 24.3 Å². The molecule has 140 valence electrons. The fourth-order valence-corrected chi connectivity index (χ4v) is 3.31. The van der Waals surface area contributed by atoms with E-state index in [9.17, 15) is 0 Å². The Balaban J connectivity index is 3.51. The molecule has 0 aliphatic heterocycles. The average molecular weight is 328 g/mol. The number of nitrogens with one attached hydrogen (secondary N) is 1. The molecule has 2 N–H and O–H groups in total. The van der Waals surface area contributed by atoms with Gasteiger partial charge in [-0.15, -0.1) is 0 Å². The Kier molecular flexibility index (Phi) is 19.9. The normalized spacial score (nSPS) is 12.7. The van der Waals surface area contributed by atoms with Crippen LogP contribution in [0.15, 0.2) is 0 Å². The summed E-state index contributed by atoms with van der Waals surface area (Å²) in [6.07, 6.45) is 22.1. The van der Waals surface area contributed by atoms with Gasteiger partial charge >= 0.3 is 0 Å². The van der Waals surface area contributed by atoms with E-state index < -0.39 is 0 Å².